The molecule has 1 atom stereocenters. The summed E-state index contributed by atoms with van der Waals surface area (Å²) >= 11 is -2.36. The van der Waals surface area contributed by atoms with Crippen molar-refractivity contribution in [3.05, 3.63) is 24.3 Å². The lowest BCUT2D eigenvalue weighted by Crippen LogP contribution is -2.30. The zero-order valence-corrected chi connectivity index (χ0v) is 8.47. The summed E-state index contributed by atoms with van der Waals surface area (Å²) in [5.74, 6) is 4.78. The normalized spacial score (nSPS) is 13.9. The number of rotatable bonds is 3. The molecule has 78 valence electrons. The third-order valence-electron chi connectivity index (χ3n) is 1.48. The average molecular weight is 235 g/mol. The van der Waals surface area contributed by atoms with Gasteiger partial charge >= 0.3 is 0 Å². The number of hydrogen-bond donors (Lipinski definition) is 2. The molecule has 0 amide bonds. The van der Waals surface area contributed by atoms with Crippen LogP contribution in [0, 0.1) is 0 Å². The Bertz CT molecular complexity index is 439. The smallest absolute Gasteiger partial charge is 0.253 e. The van der Waals surface area contributed by atoms with Crippen molar-refractivity contribution in [3.63, 3.8) is 0 Å². The lowest BCUT2D eigenvalue weighted by Gasteiger charge is -2.06. The molecule has 1 aromatic rings. The molecular formula is C6H7N2O4S2-. The highest BCUT2D eigenvalue weighted by Crippen LogP contribution is 2.11. The molecule has 6 nitrogen and oxygen atoms in total. The van der Waals surface area contributed by atoms with Crippen molar-refractivity contribution < 1.29 is 17.2 Å². The van der Waals surface area contributed by atoms with E-state index < -0.39 is 21.1 Å². The Labute approximate surface area is 83.4 Å². The van der Waals surface area contributed by atoms with E-state index in [0.717, 1.165) is 12.1 Å². The highest BCUT2D eigenvalue weighted by molar-refractivity contribution is 7.89. The summed E-state index contributed by atoms with van der Waals surface area (Å²) in [6.07, 6.45) is 0. The van der Waals surface area contributed by atoms with Gasteiger partial charge in [-0.3, -0.25) is 10.1 Å². The molecule has 0 aliphatic heterocycles. The van der Waals surface area contributed by atoms with Crippen LogP contribution in [-0.2, 0) is 21.1 Å². The third-order valence-corrected chi connectivity index (χ3v) is 3.34. The first-order valence-electron chi connectivity index (χ1n) is 3.39. The van der Waals surface area contributed by atoms with Gasteiger partial charge in [-0.2, -0.15) is 4.83 Å². The van der Waals surface area contributed by atoms with E-state index in [-0.39, 0.29) is 9.79 Å². The predicted octanol–water partition coefficient (Wildman–Crippen LogP) is -0.923. The van der Waals surface area contributed by atoms with E-state index in [1.165, 1.54) is 12.1 Å². The van der Waals surface area contributed by atoms with Gasteiger partial charge in [-0.25, -0.2) is 8.42 Å². The molecule has 0 aliphatic carbocycles. The van der Waals surface area contributed by atoms with Crippen LogP contribution in [0.1, 0.15) is 0 Å². The molecule has 8 heteroatoms. The quantitative estimate of drug-likeness (QED) is 0.399. The maximum atomic E-state index is 11.1. The molecule has 0 bridgehead atoms. The van der Waals surface area contributed by atoms with Crippen LogP contribution >= 0.6 is 0 Å². The Kier molecular flexibility index (Phi) is 3.34. The standard InChI is InChI=1S/C6H8N2O4S2/c7-8-14(11,12)6-3-1-5(2-4-6)13(9)10/h1-4,8H,7H2,(H,9,10)/p-1. The monoisotopic (exact) mass is 235 g/mol. The largest absolute Gasteiger partial charge is 0.768 e. The fraction of sp³-hybridized carbons (Fsp3) is 0. The van der Waals surface area contributed by atoms with Gasteiger partial charge in [-0.15, -0.1) is 0 Å². The molecule has 0 aromatic heterocycles. The van der Waals surface area contributed by atoms with Crippen molar-refractivity contribution >= 4 is 21.1 Å². The van der Waals surface area contributed by atoms with Gasteiger partial charge in [-0.1, -0.05) is 0 Å². The summed E-state index contributed by atoms with van der Waals surface area (Å²) in [6.45, 7) is 0. The van der Waals surface area contributed by atoms with Crippen LogP contribution < -0.4 is 10.7 Å². The van der Waals surface area contributed by atoms with Crippen molar-refractivity contribution in [2.75, 3.05) is 0 Å². The van der Waals surface area contributed by atoms with Gasteiger partial charge < -0.3 is 4.55 Å². The molecule has 0 heterocycles. The first-order valence-corrected chi connectivity index (χ1v) is 5.95. The van der Waals surface area contributed by atoms with E-state index >= 15 is 0 Å². The predicted molar refractivity (Wildman–Crippen MR) is 48.1 cm³/mol. The van der Waals surface area contributed by atoms with E-state index in [1.807, 2.05) is 0 Å². The number of benzene rings is 1. The first-order chi connectivity index (χ1) is 6.47. The number of hydrazine groups is 1. The minimum absolute atomic E-state index is 0.0148. The molecule has 0 spiro atoms. The lowest BCUT2D eigenvalue weighted by atomic mass is 10.4. The van der Waals surface area contributed by atoms with Crippen molar-refractivity contribution in [1.82, 2.24) is 4.83 Å². The second kappa shape index (κ2) is 4.15. The molecule has 14 heavy (non-hydrogen) atoms. The van der Waals surface area contributed by atoms with E-state index in [0.29, 0.717) is 0 Å². The van der Waals surface area contributed by atoms with E-state index in [2.05, 4.69) is 0 Å². The topological polar surface area (TPSA) is 112 Å². The Balaban J connectivity index is 3.12. The van der Waals surface area contributed by atoms with Crippen LogP contribution in [0.2, 0.25) is 0 Å². The van der Waals surface area contributed by atoms with Gasteiger partial charge in [0.2, 0.25) is 0 Å². The molecule has 0 saturated carbocycles. The van der Waals surface area contributed by atoms with E-state index in [4.69, 9.17) is 5.84 Å². The highest BCUT2D eigenvalue weighted by atomic mass is 32.2. The molecule has 0 saturated heterocycles. The van der Waals surface area contributed by atoms with Gasteiger partial charge in [0.1, 0.15) is 0 Å². The van der Waals surface area contributed by atoms with Crippen LogP contribution in [0.25, 0.3) is 0 Å². The molecule has 0 aliphatic rings. The number of nitrogens with one attached hydrogen (secondary N) is 1. The minimum Gasteiger partial charge on any atom is -0.768 e. The molecule has 3 N–H and O–H groups in total. The van der Waals surface area contributed by atoms with Crippen LogP contribution in [0.15, 0.2) is 34.1 Å². The second-order valence-electron chi connectivity index (χ2n) is 2.33. The summed E-state index contributed by atoms with van der Waals surface area (Å²) in [7, 11) is -3.71. The van der Waals surface area contributed by atoms with Crippen molar-refractivity contribution in [3.8, 4) is 0 Å². The molecule has 1 aromatic carbocycles. The van der Waals surface area contributed by atoms with Crippen LogP contribution in [-0.4, -0.2) is 17.2 Å². The number of sulfonamides is 1. The second-order valence-corrected chi connectivity index (χ2v) is 4.98. The lowest BCUT2D eigenvalue weighted by molar-refractivity contribution is 0.537. The maximum absolute atomic E-state index is 11.1. The first kappa shape index (κ1) is 11.3. The van der Waals surface area contributed by atoms with Crippen LogP contribution in [0.3, 0.4) is 0 Å². The molecule has 0 fully saturated rings. The molecule has 0 radical (unpaired) electrons. The maximum Gasteiger partial charge on any atom is 0.253 e. The summed E-state index contributed by atoms with van der Waals surface area (Å²) < 4.78 is 43.1. The zero-order valence-electron chi connectivity index (χ0n) is 6.84. The van der Waals surface area contributed by atoms with Gasteiger partial charge in [0, 0.05) is 4.90 Å². The van der Waals surface area contributed by atoms with E-state index in [1.54, 1.807) is 4.83 Å². The zero-order chi connectivity index (χ0) is 10.8. The fourth-order valence-corrected chi connectivity index (χ4v) is 1.79. The van der Waals surface area contributed by atoms with Gasteiger partial charge in [0.15, 0.2) is 0 Å². The number of hydrogen-bond acceptors (Lipinski definition) is 5. The Morgan fingerprint density at radius 1 is 1.29 bits per heavy atom. The van der Waals surface area contributed by atoms with Crippen molar-refractivity contribution in [2.45, 2.75) is 9.79 Å². The molecule has 1 rings (SSSR count). The molecular weight excluding hydrogens is 228 g/mol. The Morgan fingerprint density at radius 2 is 1.79 bits per heavy atom. The fourth-order valence-electron chi connectivity index (χ4n) is 0.798. The van der Waals surface area contributed by atoms with Gasteiger partial charge in [0.25, 0.3) is 10.0 Å². The summed E-state index contributed by atoms with van der Waals surface area (Å²) in [5.41, 5.74) is 0. The van der Waals surface area contributed by atoms with Crippen molar-refractivity contribution in [1.29, 1.82) is 0 Å². The SMILES string of the molecule is NNS(=O)(=O)c1ccc(S(=O)[O-])cc1. The highest BCUT2D eigenvalue weighted by Gasteiger charge is 2.10. The average Bonchev–Trinajstić information content (AvgIpc) is 2.18. The molecule has 1 unspecified atom stereocenters. The van der Waals surface area contributed by atoms with Crippen molar-refractivity contribution in [2.24, 2.45) is 5.84 Å². The Hall–Kier alpha value is -0.800. The minimum atomic E-state index is -3.71. The van der Waals surface area contributed by atoms with Crippen LogP contribution in [0.5, 0.6) is 0 Å². The van der Waals surface area contributed by atoms with Gasteiger partial charge in [-0.05, 0) is 35.3 Å². The third kappa shape index (κ3) is 2.36. The summed E-state index contributed by atoms with van der Waals surface area (Å²) in [4.78, 5) is 1.55. The van der Waals surface area contributed by atoms with E-state index in [9.17, 15) is 17.2 Å². The van der Waals surface area contributed by atoms with Crippen LogP contribution in [0.4, 0.5) is 0 Å². The van der Waals surface area contributed by atoms with Gasteiger partial charge in [0.05, 0.1) is 4.90 Å². The summed E-state index contributed by atoms with van der Waals surface area (Å²) in [5, 5.41) is 0. The number of nitrogens with two attached hydrogens (primary N) is 1. The summed E-state index contributed by atoms with van der Waals surface area (Å²) in [6, 6.07) is 4.65. The Morgan fingerprint density at radius 3 is 2.14 bits per heavy atom.